The number of aliphatic hydroxyl groups is 5. The van der Waals surface area contributed by atoms with E-state index in [2.05, 4.69) is 23.8 Å². The van der Waals surface area contributed by atoms with Gasteiger partial charge in [-0.1, -0.05) is 58.1 Å². The Kier molecular flexibility index (Phi) is 26.1. The number of hydrogen-bond donors (Lipinski definition) is 7. The van der Waals surface area contributed by atoms with E-state index in [9.17, 15) is 63.9 Å². The summed E-state index contributed by atoms with van der Waals surface area (Å²) in [6, 6.07) is 13.7. The predicted molar refractivity (Wildman–Crippen MR) is 366 cm³/mol. The zero-order chi connectivity index (χ0) is 72.9. The molecule has 0 aromatic heterocycles. The van der Waals surface area contributed by atoms with Gasteiger partial charge in [-0.25, -0.2) is 19.4 Å². The summed E-state index contributed by atoms with van der Waals surface area (Å²) in [5.41, 5.74) is 2.75. The fourth-order valence-corrected chi connectivity index (χ4v) is 12.7. The van der Waals surface area contributed by atoms with Gasteiger partial charge in [0.1, 0.15) is 42.2 Å². The van der Waals surface area contributed by atoms with Crippen molar-refractivity contribution in [3.8, 4) is 28.7 Å². The summed E-state index contributed by atoms with van der Waals surface area (Å²) in [5.74, 6) is -2.73. The van der Waals surface area contributed by atoms with Gasteiger partial charge in [0.2, 0.25) is 18.1 Å². The molecule has 3 fully saturated rings. The quantitative estimate of drug-likeness (QED) is 0.0153. The number of anilines is 3. The summed E-state index contributed by atoms with van der Waals surface area (Å²) in [4.78, 5) is 115. The number of aliphatic hydroxyl groups excluding tert-OH is 5. The van der Waals surface area contributed by atoms with Crippen LogP contribution >= 0.6 is 0 Å². The molecular formula is C73H92N6O22. The lowest BCUT2D eigenvalue weighted by Gasteiger charge is -2.35. The number of benzene rings is 4. The highest BCUT2D eigenvalue weighted by Crippen LogP contribution is 2.44. The number of ether oxygens (including phenoxy) is 9. The summed E-state index contributed by atoms with van der Waals surface area (Å²) < 4.78 is 51.9. The van der Waals surface area contributed by atoms with E-state index in [1.165, 1.54) is 84.7 Å². The van der Waals surface area contributed by atoms with Crippen molar-refractivity contribution in [2.24, 2.45) is 11.8 Å². The lowest BCUT2D eigenvalue weighted by Crippen LogP contribution is -2.54. The molecule has 5 aliphatic heterocycles. The Morgan fingerprint density at radius 3 is 1.93 bits per heavy atom. The fraction of sp³-hybridized carbons (Fsp3) is 0.507. The number of nitrogens with one attached hydrogen (secondary N) is 2. The number of nitrogens with zero attached hydrogens (tertiary/aromatic N) is 4. The smallest absolute Gasteiger partial charge is 0.421 e. The zero-order valence-electron chi connectivity index (χ0n) is 58.0. The average Bonchev–Trinajstić information content (AvgIpc) is 1.61. The van der Waals surface area contributed by atoms with Gasteiger partial charge in [0.05, 0.1) is 79.7 Å². The summed E-state index contributed by atoms with van der Waals surface area (Å²) in [7, 11) is 2.90. The van der Waals surface area contributed by atoms with Crippen LogP contribution in [0.25, 0.3) is 0 Å². The normalized spacial score (nSPS) is 21.5. The van der Waals surface area contributed by atoms with Crippen LogP contribution in [0.1, 0.15) is 134 Å². The van der Waals surface area contributed by atoms with Crippen LogP contribution in [0.15, 0.2) is 91.0 Å². The number of aryl methyl sites for hydroxylation is 1. The molecule has 10 atom stereocenters. The molecule has 7 N–H and O–H groups in total. The number of carbonyl (C=O) groups excluding carboxylic acids is 8. The van der Waals surface area contributed by atoms with Crippen LogP contribution in [0.3, 0.4) is 0 Å². The molecule has 101 heavy (non-hydrogen) atoms. The third-order valence-electron chi connectivity index (χ3n) is 18.2. The highest BCUT2D eigenvalue weighted by Gasteiger charge is 2.49. The van der Waals surface area contributed by atoms with Crippen molar-refractivity contribution < 1.29 is 107 Å². The molecule has 0 radical (unpaired) electrons. The molecule has 5 aliphatic rings. The van der Waals surface area contributed by atoms with Gasteiger partial charge in [-0.15, -0.1) is 0 Å². The van der Waals surface area contributed by atoms with Crippen molar-refractivity contribution in [1.82, 2.24) is 15.1 Å². The SMILES string of the molecule is C=C1C[C@H]2C(O)N(C(=O)OCc3ccc(O[C@@H]4OC[C@@H](O)[C@H](O)[C@H]4O)c(C(=O)CCCOC)c3)c3cc(OCCCCCOc4cc5c(cc4OC)C(=O)N4CC(=C)C[C@H]4C(O)N5C(=O)Oc4ccc(NC(=O)[C@H](C)CC(=O)[C@@H](NC(=O)CCOCCC)C(C)C)cc4)c(C)cc3C(=O)N2C1. The Labute approximate surface area is 586 Å². The number of unbranched alkanes of at least 4 members (excludes halogenated alkanes) is 2. The fourth-order valence-electron chi connectivity index (χ4n) is 12.7. The van der Waals surface area contributed by atoms with Gasteiger partial charge in [-0.05, 0) is 117 Å². The van der Waals surface area contributed by atoms with Crippen LogP contribution < -0.4 is 44.1 Å². The van der Waals surface area contributed by atoms with Crippen LogP contribution in [0.4, 0.5) is 26.7 Å². The number of methoxy groups -OCH3 is 2. The van der Waals surface area contributed by atoms with Crippen LogP contribution in [0, 0.1) is 18.8 Å². The van der Waals surface area contributed by atoms with Crippen molar-refractivity contribution >= 4 is 64.4 Å². The summed E-state index contributed by atoms with van der Waals surface area (Å²) >= 11 is 0. The molecule has 0 bridgehead atoms. The Bertz CT molecular complexity index is 3710. The maximum atomic E-state index is 14.5. The van der Waals surface area contributed by atoms with Crippen LogP contribution in [-0.2, 0) is 39.9 Å². The molecule has 9 rings (SSSR count). The van der Waals surface area contributed by atoms with E-state index in [0.717, 1.165) is 16.2 Å². The number of carbonyl (C=O) groups is 8. The third-order valence-corrected chi connectivity index (χ3v) is 18.2. The van der Waals surface area contributed by atoms with Crippen LogP contribution in [-0.4, -0.2) is 205 Å². The van der Waals surface area contributed by atoms with E-state index in [0.29, 0.717) is 66.0 Å². The van der Waals surface area contributed by atoms with Gasteiger partial charge >= 0.3 is 12.2 Å². The average molecular weight is 1410 g/mol. The van der Waals surface area contributed by atoms with Crippen molar-refractivity contribution in [2.45, 2.75) is 161 Å². The lowest BCUT2D eigenvalue weighted by molar-refractivity contribution is -0.242. The Hall–Kier alpha value is -9.00. The van der Waals surface area contributed by atoms with E-state index >= 15 is 0 Å². The van der Waals surface area contributed by atoms with E-state index in [-0.39, 0.29) is 153 Å². The summed E-state index contributed by atoms with van der Waals surface area (Å²) in [6.45, 7) is 17.9. The summed E-state index contributed by atoms with van der Waals surface area (Å²) in [5, 5.41) is 60.5. The predicted octanol–water partition coefficient (Wildman–Crippen LogP) is 6.90. The Morgan fingerprint density at radius 2 is 1.31 bits per heavy atom. The number of Topliss-reactive ketones (excluding diaryl/α,β-unsaturated/α-hetero) is 2. The minimum absolute atomic E-state index is 0.00476. The van der Waals surface area contributed by atoms with Crippen molar-refractivity contribution in [2.75, 3.05) is 82.1 Å². The first kappa shape index (κ1) is 76.2. The molecule has 0 spiro atoms. The summed E-state index contributed by atoms with van der Waals surface area (Å²) in [6.07, 6.45) is -8.23. The van der Waals surface area contributed by atoms with Crippen molar-refractivity contribution in [3.05, 3.63) is 119 Å². The van der Waals surface area contributed by atoms with Gasteiger partial charge in [-0.2, -0.15) is 0 Å². The molecular weight excluding hydrogens is 1310 g/mol. The number of ketones is 2. The van der Waals surface area contributed by atoms with Crippen LogP contribution in [0.2, 0.25) is 0 Å². The first-order valence-electron chi connectivity index (χ1n) is 34.0. The monoisotopic (exact) mass is 1400 g/mol. The standard InChI is InChI=1S/C73H92N6O22/c1-10-23-95-27-22-62(83)75-63(40(2)3)56(81)31-44(7)66(86)74-46-17-19-47(20-18-46)100-73(92)79-52-35-61(60(94-9)33-49(52)68(88)77-37-42(5)29-54(77)70(79)90)97-26-13-11-12-25-96-59-34-51-48(30-43(59)6)67(87)76-36-41(4)28-53(76)69(89)78(51)72(91)99-38-45-16-21-58(50(32-45)55(80)15-14-24-93-8)101-71-65(85)64(84)57(82)39-98-71/h16-21,30,32-35,40,44,53-54,57,63-65,69-71,82,84-85,89-90H,4-5,10-15,22-29,31,36-39H2,1-3,6-9H3,(H,74,86)(H,75,83)/t44-,53+,54+,57-,63+,64+,65-,69?,70?,71+/m1/s1. The molecule has 0 aliphatic carbocycles. The van der Waals surface area contributed by atoms with E-state index in [1.807, 2.05) is 20.8 Å². The largest absolute Gasteiger partial charge is 0.493 e. The molecule has 28 nitrogen and oxygen atoms in total. The second-order valence-electron chi connectivity index (χ2n) is 26.3. The molecule has 546 valence electrons. The van der Waals surface area contributed by atoms with Crippen LogP contribution in [0.5, 0.6) is 28.7 Å². The van der Waals surface area contributed by atoms with Gasteiger partial charge in [0.15, 0.2) is 35.5 Å². The first-order chi connectivity index (χ1) is 48.3. The van der Waals surface area contributed by atoms with E-state index < -0.39 is 97.6 Å². The lowest BCUT2D eigenvalue weighted by atomic mass is 9.92. The van der Waals surface area contributed by atoms with Crippen molar-refractivity contribution in [3.63, 3.8) is 0 Å². The second-order valence-corrected chi connectivity index (χ2v) is 26.3. The maximum absolute atomic E-state index is 14.5. The molecule has 3 saturated heterocycles. The van der Waals surface area contributed by atoms with Crippen molar-refractivity contribution in [1.29, 1.82) is 0 Å². The van der Waals surface area contributed by atoms with Gasteiger partial charge in [0, 0.05) is 76.4 Å². The number of fused-ring (bicyclic) bond motifs is 4. The minimum Gasteiger partial charge on any atom is -0.493 e. The number of rotatable bonds is 31. The second kappa shape index (κ2) is 34.6. The van der Waals surface area contributed by atoms with Gasteiger partial charge in [-0.3, -0.25) is 28.8 Å². The minimum atomic E-state index is -1.65. The number of amides is 6. The Morgan fingerprint density at radius 1 is 0.683 bits per heavy atom. The molecule has 2 unspecified atom stereocenters. The zero-order valence-corrected chi connectivity index (χ0v) is 58.0. The highest BCUT2D eigenvalue weighted by atomic mass is 16.7. The first-order valence-corrected chi connectivity index (χ1v) is 34.0. The van der Waals surface area contributed by atoms with Gasteiger partial charge < -0.3 is 88.6 Å². The topological polar surface area (TPSA) is 358 Å². The molecule has 0 saturated carbocycles. The van der Waals surface area contributed by atoms with E-state index in [1.54, 1.807) is 19.9 Å². The van der Waals surface area contributed by atoms with E-state index in [4.69, 9.17) is 42.6 Å². The molecule has 28 heteroatoms. The third kappa shape index (κ3) is 18.2. The number of hydrogen-bond acceptors (Lipinski definition) is 22. The highest BCUT2D eigenvalue weighted by molar-refractivity contribution is 6.08. The molecule has 6 amide bonds. The molecule has 4 aromatic rings. The van der Waals surface area contributed by atoms with Gasteiger partial charge in [0.25, 0.3) is 11.8 Å². The molecule has 5 heterocycles. The Balaban J connectivity index is 0.836. The maximum Gasteiger partial charge on any atom is 0.421 e. The molecule has 4 aromatic carbocycles.